The molecule has 126 valence electrons. The Hall–Kier alpha value is -3.11. The molecule has 0 atom stereocenters. The average molecular weight is 355 g/mol. The van der Waals surface area contributed by atoms with E-state index in [1.54, 1.807) is 23.7 Å². The topological polar surface area (TPSA) is 38.7 Å². The number of fused-ring (bicyclic) bond motifs is 3. The molecule has 26 heavy (non-hydrogen) atoms. The molecule has 4 aromatic rings. The van der Waals surface area contributed by atoms with Crippen LogP contribution in [0.5, 0.6) is 0 Å². The van der Waals surface area contributed by atoms with E-state index in [1.165, 1.54) is 20.2 Å². The molecule has 0 amide bonds. The zero-order chi connectivity index (χ0) is 17.9. The zero-order valence-corrected chi connectivity index (χ0v) is 15.2. The third-order valence-corrected chi connectivity index (χ3v) is 5.30. The Morgan fingerprint density at radius 1 is 1.04 bits per heavy atom. The van der Waals surface area contributed by atoms with Gasteiger partial charge in [0.2, 0.25) is 0 Å². The van der Waals surface area contributed by atoms with Crippen LogP contribution in [0.1, 0.15) is 12.7 Å². The van der Waals surface area contributed by atoms with Gasteiger partial charge in [0.1, 0.15) is 6.33 Å². The highest BCUT2D eigenvalue weighted by atomic mass is 32.1. The van der Waals surface area contributed by atoms with E-state index < -0.39 is 0 Å². The molecule has 2 aromatic carbocycles. The first-order chi connectivity index (χ1) is 12.8. The van der Waals surface area contributed by atoms with Gasteiger partial charge in [0, 0.05) is 31.3 Å². The summed E-state index contributed by atoms with van der Waals surface area (Å²) in [6.07, 6.45) is 9.17. The second-order valence-electron chi connectivity index (χ2n) is 5.79. The first-order valence-electron chi connectivity index (χ1n) is 8.36. The predicted molar refractivity (Wildman–Crippen MR) is 111 cm³/mol. The summed E-state index contributed by atoms with van der Waals surface area (Å²) >= 11 is 1.80. The Morgan fingerprint density at radius 3 is 2.73 bits per heavy atom. The average Bonchev–Trinajstić information content (AvgIpc) is 3.07. The second kappa shape index (κ2) is 7.02. The van der Waals surface area contributed by atoms with Crippen LogP contribution in [0.15, 0.2) is 79.7 Å². The lowest BCUT2D eigenvalue weighted by molar-refractivity contribution is 1.03. The monoisotopic (exact) mass is 355 g/mol. The first kappa shape index (κ1) is 16.4. The molecular weight excluding hydrogens is 338 g/mol. The smallest absolute Gasteiger partial charge is 0.163 e. The standard InChI is InChI=1S/C22H17N3S/c1-3-5-8-15(4-2)21-23-14-24-22(25-21)16-11-12-20-18(13-16)17-9-6-7-10-19(17)26-20/h3-14H,2H2,1H3/b5-3-,15-8+. The molecule has 0 saturated heterocycles. The number of allylic oxidation sites excluding steroid dienone is 5. The summed E-state index contributed by atoms with van der Waals surface area (Å²) in [5, 5.41) is 2.50. The van der Waals surface area contributed by atoms with Gasteiger partial charge in [0.15, 0.2) is 11.6 Å². The highest BCUT2D eigenvalue weighted by molar-refractivity contribution is 7.25. The van der Waals surface area contributed by atoms with Crippen LogP contribution in [-0.2, 0) is 0 Å². The van der Waals surface area contributed by atoms with Gasteiger partial charge in [-0.2, -0.15) is 0 Å². The van der Waals surface area contributed by atoms with Crippen LogP contribution in [0.3, 0.4) is 0 Å². The van der Waals surface area contributed by atoms with Crippen LogP contribution in [0, 0.1) is 0 Å². The lowest BCUT2D eigenvalue weighted by Gasteiger charge is -2.04. The number of thiophene rings is 1. The van der Waals surface area contributed by atoms with Crippen LogP contribution < -0.4 is 0 Å². The summed E-state index contributed by atoms with van der Waals surface area (Å²) in [7, 11) is 0. The minimum atomic E-state index is 0.623. The third kappa shape index (κ3) is 2.95. The fourth-order valence-corrected chi connectivity index (χ4v) is 3.96. The van der Waals surface area contributed by atoms with E-state index in [9.17, 15) is 0 Å². The van der Waals surface area contributed by atoms with Gasteiger partial charge in [-0.3, -0.25) is 0 Å². The highest BCUT2D eigenvalue weighted by Gasteiger charge is 2.09. The Balaban J connectivity index is 1.84. The molecule has 4 heteroatoms. The number of rotatable bonds is 4. The van der Waals surface area contributed by atoms with Crippen molar-refractivity contribution in [3.8, 4) is 11.4 Å². The van der Waals surface area contributed by atoms with Crippen molar-refractivity contribution in [2.24, 2.45) is 0 Å². The van der Waals surface area contributed by atoms with Crippen molar-refractivity contribution < 1.29 is 0 Å². The number of benzene rings is 2. The fraction of sp³-hybridized carbons (Fsp3) is 0.0455. The quantitative estimate of drug-likeness (QED) is 0.418. The second-order valence-corrected chi connectivity index (χ2v) is 6.88. The van der Waals surface area contributed by atoms with Gasteiger partial charge in [-0.05, 0) is 31.2 Å². The minimum absolute atomic E-state index is 0.623. The van der Waals surface area contributed by atoms with Crippen molar-refractivity contribution in [1.29, 1.82) is 0 Å². The van der Waals surface area contributed by atoms with Gasteiger partial charge in [-0.1, -0.05) is 49.1 Å². The van der Waals surface area contributed by atoms with E-state index in [1.807, 2.05) is 25.2 Å². The van der Waals surface area contributed by atoms with E-state index in [2.05, 4.69) is 64.0 Å². The molecule has 0 aliphatic rings. The summed E-state index contributed by atoms with van der Waals surface area (Å²) in [4.78, 5) is 13.3. The van der Waals surface area contributed by atoms with E-state index in [4.69, 9.17) is 0 Å². The van der Waals surface area contributed by atoms with Gasteiger partial charge in [-0.25, -0.2) is 15.0 Å². The third-order valence-electron chi connectivity index (χ3n) is 4.15. The minimum Gasteiger partial charge on any atom is -0.217 e. The SMILES string of the molecule is C=C/C(=C\C=C/C)c1ncnc(-c2ccc3sc4ccccc4c3c2)n1. The van der Waals surface area contributed by atoms with Crippen LogP contribution in [-0.4, -0.2) is 15.0 Å². The molecule has 0 aliphatic heterocycles. The maximum atomic E-state index is 4.65. The summed E-state index contributed by atoms with van der Waals surface area (Å²) in [5.41, 5.74) is 1.85. The maximum absolute atomic E-state index is 4.65. The molecule has 0 bridgehead atoms. The molecule has 0 saturated carbocycles. The maximum Gasteiger partial charge on any atom is 0.163 e. The first-order valence-corrected chi connectivity index (χ1v) is 9.18. The number of aromatic nitrogens is 3. The van der Waals surface area contributed by atoms with Crippen molar-refractivity contribution in [2.45, 2.75) is 6.92 Å². The lowest BCUT2D eigenvalue weighted by atomic mass is 10.1. The zero-order valence-electron chi connectivity index (χ0n) is 14.4. The van der Waals surface area contributed by atoms with Gasteiger partial charge < -0.3 is 0 Å². The van der Waals surface area contributed by atoms with Gasteiger partial charge >= 0.3 is 0 Å². The normalized spacial score (nSPS) is 12.3. The summed E-state index contributed by atoms with van der Waals surface area (Å²) in [6, 6.07) is 14.8. The largest absolute Gasteiger partial charge is 0.217 e. The van der Waals surface area contributed by atoms with Crippen molar-refractivity contribution in [3.63, 3.8) is 0 Å². The summed E-state index contributed by atoms with van der Waals surface area (Å²) in [5.74, 6) is 1.29. The molecule has 0 fully saturated rings. The molecule has 0 aliphatic carbocycles. The Labute approximate surface area is 156 Å². The van der Waals surface area contributed by atoms with E-state index in [0.717, 1.165) is 11.1 Å². The van der Waals surface area contributed by atoms with E-state index in [-0.39, 0.29) is 0 Å². The number of nitrogens with zero attached hydrogens (tertiary/aromatic N) is 3. The van der Waals surface area contributed by atoms with Crippen LogP contribution in [0.4, 0.5) is 0 Å². The van der Waals surface area contributed by atoms with Gasteiger partial charge in [0.25, 0.3) is 0 Å². The number of hydrogen-bond acceptors (Lipinski definition) is 4. The molecule has 0 N–H and O–H groups in total. The van der Waals surface area contributed by atoms with Gasteiger partial charge in [-0.15, -0.1) is 11.3 Å². The molecule has 0 spiro atoms. The molecule has 4 rings (SSSR count). The molecular formula is C22H17N3S. The van der Waals surface area contributed by atoms with Gasteiger partial charge in [0.05, 0.1) is 0 Å². The van der Waals surface area contributed by atoms with Crippen molar-refractivity contribution >= 4 is 37.1 Å². The van der Waals surface area contributed by atoms with Crippen molar-refractivity contribution in [1.82, 2.24) is 15.0 Å². The molecule has 0 radical (unpaired) electrons. The van der Waals surface area contributed by atoms with E-state index in [0.29, 0.717) is 11.6 Å². The molecule has 2 aromatic heterocycles. The summed E-state index contributed by atoms with van der Waals surface area (Å²) < 4.78 is 2.56. The van der Waals surface area contributed by atoms with Crippen LogP contribution >= 0.6 is 11.3 Å². The number of hydrogen-bond donors (Lipinski definition) is 0. The Bertz CT molecular complexity index is 1170. The molecule has 3 nitrogen and oxygen atoms in total. The Kier molecular flexibility index (Phi) is 4.42. The summed E-state index contributed by atoms with van der Waals surface area (Å²) in [6.45, 7) is 5.83. The highest BCUT2D eigenvalue weighted by Crippen LogP contribution is 2.35. The van der Waals surface area contributed by atoms with Crippen molar-refractivity contribution in [3.05, 3.63) is 85.5 Å². The molecule has 0 unspecified atom stereocenters. The van der Waals surface area contributed by atoms with Crippen LogP contribution in [0.2, 0.25) is 0 Å². The van der Waals surface area contributed by atoms with E-state index >= 15 is 0 Å². The van der Waals surface area contributed by atoms with Crippen LogP contribution in [0.25, 0.3) is 37.1 Å². The lowest BCUT2D eigenvalue weighted by Crippen LogP contribution is -1.97. The fourth-order valence-electron chi connectivity index (χ4n) is 2.87. The molecule has 2 heterocycles. The van der Waals surface area contributed by atoms with Crippen molar-refractivity contribution in [2.75, 3.05) is 0 Å². The predicted octanol–water partition coefficient (Wildman–Crippen LogP) is 6.05. The Morgan fingerprint density at radius 2 is 1.88 bits per heavy atom.